The number of halogens is 4. The molecule has 2 aromatic rings. The zero-order chi connectivity index (χ0) is 22.6. The van der Waals surface area contributed by atoms with Crippen LogP contribution in [0.1, 0.15) is 44.9 Å². The number of aryl methyl sites for hydroxylation is 1. The summed E-state index contributed by atoms with van der Waals surface area (Å²) in [6, 6.07) is 8.09. The highest BCUT2D eigenvalue weighted by molar-refractivity contribution is 6.31. The molecule has 1 fully saturated rings. The van der Waals surface area contributed by atoms with Crippen molar-refractivity contribution in [2.24, 2.45) is 0 Å². The molecular formula is C22H23ClF3N3O2. The number of amides is 1. The van der Waals surface area contributed by atoms with Gasteiger partial charge >= 0.3 is 6.18 Å². The van der Waals surface area contributed by atoms with Gasteiger partial charge in [-0.05, 0) is 62.7 Å². The lowest BCUT2D eigenvalue weighted by Gasteiger charge is -2.50. The van der Waals surface area contributed by atoms with E-state index in [2.05, 4.69) is 4.90 Å². The van der Waals surface area contributed by atoms with E-state index in [0.717, 1.165) is 5.56 Å². The van der Waals surface area contributed by atoms with Gasteiger partial charge in [0.1, 0.15) is 0 Å². The molecule has 4 rings (SSSR count). The summed E-state index contributed by atoms with van der Waals surface area (Å²) in [5.74, 6) is -1.90. The van der Waals surface area contributed by atoms with Crippen molar-refractivity contribution in [2.75, 3.05) is 26.7 Å². The molecule has 1 aromatic carbocycles. The molecular weight excluding hydrogens is 431 g/mol. The van der Waals surface area contributed by atoms with Crippen molar-refractivity contribution in [3.05, 3.63) is 57.9 Å². The maximum absolute atomic E-state index is 13.0. The molecule has 3 heterocycles. The Kier molecular flexibility index (Phi) is 5.42. The first-order valence-electron chi connectivity index (χ1n) is 10.1. The fourth-order valence-electron chi connectivity index (χ4n) is 4.80. The predicted molar refractivity (Wildman–Crippen MR) is 110 cm³/mol. The fraction of sp³-hybridized carbons (Fsp3) is 0.455. The Hall–Kier alpha value is -2.32. The van der Waals surface area contributed by atoms with Crippen LogP contribution in [0.5, 0.6) is 0 Å². The maximum atomic E-state index is 13.0. The van der Waals surface area contributed by atoms with E-state index in [9.17, 15) is 22.8 Å². The molecule has 9 heteroatoms. The molecule has 166 valence electrons. The molecule has 0 bridgehead atoms. The van der Waals surface area contributed by atoms with Crippen LogP contribution in [0.15, 0.2) is 30.3 Å². The number of carbonyl (C=O) groups excluding carboxylic acids is 2. The van der Waals surface area contributed by atoms with Gasteiger partial charge in [0.15, 0.2) is 0 Å². The predicted octanol–water partition coefficient (Wildman–Crippen LogP) is 4.27. The first-order chi connectivity index (χ1) is 14.5. The van der Waals surface area contributed by atoms with Crippen LogP contribution in [0, 0.1) is 6.92 Å². The Morgan fingerprint density at radius 1 is 1.03 bits per heavy atom. The Balaban J connectivity index is 1.58. The summed E-state index contributed by atoms with van der Waals surface area (Å²) in [6.45, 7) is 3.64. The minimum absolute atomic E-state index is 0.0867. The zero-order valence-electron chi connectivity index (χ0n) is 17.3. The van der Waals surface area contributed by atoms with Gasteiger partial charge in [0.25, 0.3) is 11.7 Å². The summed E-state index contributed by atoms with van der Waals surface area (Å²) >= 11 is 6.06. The van der Waals surface area contributed by atoms with Crippen molar-refractivity contribution < 1.29 is 22.8 Å². The molecule has 0 saturated carbocycles. The molecule has 2 aliphatic rings. The van der Waals surface area contributed by atoms with Crippen molar-refractivity contribution in [1.29, 1.82) is 0 Å². The van der Waals surface area contributed by atoms with Gasteiger partial charge in [0.05, 0.1) is 11.2 Å². The first-order valence-corrected chi connectivity index (χ1v) is 10.5. The van der Waals surface area contributed by atoms with Crippen LogP contribution in [0.2, 0.25) is 5.02 Å². The number of alkyl halides is 3. The standard InChI is InChI=1S/C22H23ClF3N3O2/c1-14-13-15(3-4-16(14)23)20(31)28-9-7-21(8-10-28)18-6-5-17(19(30)22(24,25)26)29(18)12-11-27(21)2/h3-6,13H,7-12H2,1-2H3. The monoisotopic (exact) mass is 453 g/mol. The van der Waals surface area contributed by atoms with E-state index in [0.29, 0.717) is 55.3 Å². The van der Waals surface area contributed by atoms with E-state index in [-0.39, 0.29) is 11.6 Å². The van der Waals surface area contributed by atoms with E-state index in [4.69, 9.17) is 11.6 Å². The molecule has 0 N–H and O–H groups in total. The first kappa shape index (κ1) is 21.9. The van der Waals surface area contributed by atoms with Gasteiger partial charge in [0, 0.05) is 42.5 Å². The number of ketones is 1. The number of nitrogens with zero attached hydrogens (tertiary/aromatic N) is 3. The number of rotatable bonds is 2. The van der Waals surface area contributed by atoms with Crippen molar-refractivity contribution in [3.63, 3.8) is 0 Å². The van der Waals surface area contributed by atoms with Crippen molar-refractivity contribution in [2.45, 2.75) is 38.0 Å². The number of likely N-dealkylation sites (tertiary alicyclic amines) is 1. The highest BCUT2D eigenvalue weighted by atomic mass is 35.5. The minimum atomic E-state index is -4.90. The molecule has 2 aliphatic heterocycles. The summed E-state index contributed by atoms with van der Waals surface area (Å²) in [6.07, 6.45) is -3.75. The Morgan fingerprint density at radius 3 is 2.32 bits per heavy atom. The van der Waals surface area contributed by atoms with Gasteiger partial charge in [-0.15, -0.1) is 0 Å². The van der Waals surface area contributed by atoms with E-state index in [1.54, 1.807) is 29.2 Å². The lowest BCUT2D eigenvalue weighted by Crippen LogP contribution is -2.56. The topological polar surface area (TPSA) is 45.6 Å². The van der Waals surface area contributed by atoms with Gasteiger partial charge in [0.2, 0.25) is 0 Å². The van der Waals surface area contributed by atoms with E-state index >= 15 is 0 Å². The highest BCUT2D eigenvalue weighted by Gasteiger charge is 2.47. The molecule has 0 unspecified atom stereocenters. The minimum Gasteiger partial charge on any atom is -0.339 e. The zero-order valence-corrected chi connectivity index (χ0v) is 18.1. The second-order valence-corrected chi connectivity index (χ2v) is 8.70. The van der Waals surface area contributed by atoms with Gasteiger partial charge in [-0.1, -0.05) is 11.6 Å². The second kappa shape index (κ2) is 7.67. The summed E-state index contributed by atoms with van der Waals surface area (Å²) in [5.41, 5.74) is 1.28. The van der Waals surface area contributed by atoms with Crippen LogP contribution < -0.4 is 0 Å². The van der Waals surface area contributed by atoms with Crippen molar-refractivity contribution >= 4 is 23.3 Å². The molecule has 31 heavy (non-hydrogen) atoms. The number of Topliss-reactive ketones (excluding diaryl/α,β-unsaturated/α-hetero) is 1. The number of hydrogen-bond donors (Lipinski definition) is 0. The number of piperidine rings is 1. The lowest BCUT2D eigenvalue weighted by molar-refractivity contribution is -0.0892. The highest BCUT2D eigenvalue weighted by Crippen LogP contribution is 2.42. The van der Waals surface area contributed by atoms with Crippen LogP contribution in [-0.2, 0) is 12.1 Å². The third kappa shape index (κ3) is 3.65. The molecule has 1 amide bonds. The third-order valence-corrected chi connectivity index (χ3v) is 7.04. The number of hydrogen-bond acceptors (Lipinski definition) is 3. The number of likely N-dealkylation sites (N-methyl/N-ethyl adjacent to an activating group) is 1. The Labute approximate surface area is 183 Å². The largest absolute Gasteiger partial charge is 0.456 e. The summed E-state index contributed by atoms with van der Waals surface area (Å²) in [7, 11) is 1.95. The smallest absolute Gasteiger partial charge is 0.339 e. The molecule has 0 atom stereocenters. The number of fused-ring (bicyclic) bond motifs is 2. The molecule has 0 radical (unpaired) electrons. The average Bonchev–Trinajstić information content (AvgIpc) is 3.16. The van der Waals surface area contributed by atoms with Crippen LogP contribution in [0.25, 0.3) is 0 Å². The SMILES string of the molecule is Cc1cc(C(=O)N2CCC3(CC2)c2ccc(C(=O)C(F)(F)F)n2CCN3C)ccc1Cl. The van der Waals surface area contributed by atoms with E-state index < -0.39 is 17.5 Å². The molecule has 1 spiro atoms. The molecule has 0 aliphatic carbocycles. The van der Waals surface area contributed by atoms with Gasteiger partial charge in [-0.25, -0.2) is 0 Å². The molecule has 1 saturated heterocycles. The number of benzene rings is 1. The quantitative estimate of drug-likeness (QED) is 0.638. The Morgan fingerprint density at radius 2 is 1.71 bits per heavy atom. The van der Waals surface area contributed by atoms with Crippen molar-refractivity contribution in [1.82, 2.24) is 14.4 Å². The van der Waals surface area contributed by atoms with Gasteiger partial charge in [-0.3, -0.25) is 14.5 Å². The molecule has 5 nitrogen and oxygen atoms in total. The molecule has 1 aromatic heterocycles. The van der Waals surface area contributed by atoms with Crippen LogP contribution in [0.3, 0.4) is 0 Å². The average molecular weight is 454 g/mol. The summed E-state index contributed by atoms with van der Waals surface area (Å²) < 4.78 is 40.6. The van der Waals surface area contributed by atoms with E-state index in [1.807, 2.05) is 14.0 Å². The lowest BCUT2D eigenvalue weighted by atomic mass is 9.81. The second-order valence-electron chi connectivity index (χ2n) is 8.29. The van der Waals surface area contributed by atoms with Gasteiger partial charge < -0.3 is 9.47 Å². The number of aromatic nitrogens is 1. The Bertz CT molecular complexity index is 1040. The number of carbonyl (C=O) groups is 2. The van der Waals surface area contributed by atoms with Crippen molar-refractivity contribution in [3.8, 4) is 0 Å². The third-order valence-electron chi connectivity index (χ3n) is 6.62. The van der Waals surface area contributed by atoms with Crippen LogP contribution >= 0.6 is 11.6 Å². The normalized spacial score (nSPS) is 18.8. The maximum Gasteiger partial charge on any atom is 0.456 e. The fourth-order valence-corrected chi connectivity index (χ4v) is 4.91. The van der Waals surface area contributed by atoms with Crippen LogP contribution in [0.4, 0.5) is 13.2 Å². The van der Waals surface area contributed by atoms with Gasteiger partial charge in [-0.2, -0.15) is 13.2 Å². The van der Waals surface area contributed by atoms with Crippen LogP contribution in [-0.4, -0.2) is 58.9 Å². The van der Waals surface area contributed by atoms with E-state index in [1.165, 1.54) is 10.6 Å². The summed E-state index contributed by atoms with van der Waals surface area (Å²) in [5, 5.41) is 0.600. The summed E-state index contributed by atoms with van der Waals surface area (Å²) in [4.78, 5) is 28.7.